The van der Waals surface area contributed by atoms with Crippen LogP contribution in [0.15, 0.2) is 24.8 Å². The largest absolute Gasteiger partial charge is 0.460 e. The van der Waals surface area contributed by atoms with E-state index < -0.39 is 0 Å². The smallest absolute Gasteiger partial charge is 0.316 e. The van der Waals surface area contributed by atoms with Gasteiger partial charge in [-0.05, 0) is 25.0 Å². The van der Waals surface area contributed by atoms with Crippen LogP contribution in [0.1, 0.15) is 24.0 Å². The van der Waals surface area contributed by atoms with Gasteiger partial charge in [-0.1, -0.05) is 0 Å². The van der Waals surface area contributed by atoms with Gasteiger partial charge in [-0.25, -0.2) is 19.9 Å². The zero-order valence-electron chi connectivity index (χ0n) is 12.4. The first-order valence-corrected chi connectivity index (χ1v) is 7.19. The molecule has 0 radical (unpaired) electrons. The molecule has 0 N–H and O–H groups in total. The maximum Gasteiger partial charge on any atom is 0.316 e. The molecular formula is C15H19N5O. The molecule has 0 aromatic carbocycles. The fourth-order valence-electron chi connectivity index (χ4n) is 2.31. The lowest BCUT2D eigenvalue weighted by Gasteiger charge is -2.31. The number of hydrogen-bond acceptors (Lipinski definition) is 6. The van der Waals surface area contributed by atoms with E-state index in [1.807, 2.05) is 26.2 Å². The molecule has 6 nitrogen and oxygen atoms in total. The SMILES string of the molecule is Cc1cnc(OC2CCN(c3ncc(C)cn3)CC2)nc1. The Hall–Kier alpha value is -2.24. The zero-order valence-corrected chi connectivity index (χ0v) is 12.4. The van der Waals surface area contributed by atoms with E-state index in [1.165, 1.54) is 0 Å². The molecule has 0 unspecified atom stereocenters. The number of anilines is 1. The molecule has 0 spiro atoms. The van der Waals surface area contributed by atoms with Crippen LogP contribution in [0.5, 0.6) is 6.01 Å². The molecule has 0 amide bonds. The fraction of sp³-hybridized carbons (Fsp3) is 0.467. The molecule has 21 heavy (non-hydrogen) atoms. The highest BCUT2D eigenvalue weighted by atomic mass is 16.5. The number of aryl methyl sites for hydroxylation is 2. The predicted molar refractivity (Wildman–Crippen MR) is 79.4 cm³/mol. The first kappa shape index (κ1) is 13.7. The third-order valence-electron chi connectivity index (χ3n) is 3.52. The van der Waals surface area contributed by atoms with Gasteiger partial charge in [-0.2, -0.15) is 0 Å². The van der Waals surface area contributed by atoms with Gasteiger partial charge in [0.15, 0.2) is 0 Å². The van der Waals surface area contributed by atoms with Crippen LogP contribution >= 0.6 is 0 Å². The summed E-state index contributed by atoms with van der Waals surface area (Å²) < 4.78 is 5.82. The molecule has 1 fully saturated rings. The van der Waals surface area contributed by atoms with E-state index in [1.54, 1.807) is 12.4 Å². The van der Waals surface area contributed by atoms with E-state index >= 15 is 0 Å². The van der Waals surface area contributed by atoms with Crippen molar-refractivity contribution in [2.75, 3.05) is 18.0 Å². The second-order valence-electron chi connectivity index (χ2n) is 5.41. The lowest BCUT2D eigenvalue weighted by molar-refractivity contribution is 0.156. The van der Waals surface area contributed by atoms with Gasteiger partial charge in [0.25, 0.3) is 0 Å². The van der Waals surface area contributed by atoms with E-state index in [4.69, 9.17) is 4.74 Å². The molecule has 0 saturated carbocycles. The first-order valence-electron chi connectivity index (χ1n) is 7.19. The van der Waals surface area contributed by atoms with Crippen LogP contribution in [0.4, 0.5) is 5.95 Å². The Morgan fingerprint density at radius 1 is 0.905 bits per heavy atom. The predicted octanol–water partition coefficient (Wildman–Crippen LogP) is 1.93. The van der Waals surface area contributed by atoms with Crippen LogP contribution in [-0.2, 0) is 0 Å². The normalized spacial score (nSPS) is 16.0. The zero-order chi connectivity index (χ0) is 14.7. The number of piperidine rings is 1. The van der Waals surface area contributed by atoms with Gasteiger partial charge in [-0.15, -0.1) is 0 Å². The van der Waals surface area contributed by atoms with Crippen molar-refractivity contribution >= 4 is 5.95 Å². The number of nitrogens with zero attached hydrogens (tertiary/aromatic N) is 5. The van der Waals surface area contributed by atoms with E-state index in [0.29, 0.717) is 6.01 Å². The first-order chi connectivity index (χ1) is 10.2. The van der Waals surface area contributed by atoms with Crippen LogP contribution in [0, 0.1) is 13.8 Å². The molecule has 1 aliphatic rings. The third-order valence-corrected chi connectivity index (χ3v) is 3.52. The molecule has 1 saturated heterocycles. The summed E-state index contributed by atoms with van der Waals surface area (Å²) in [4.78, 5) is 19.3. The van der Waals surface area contributed by atoms with E-state index in [0.717, 1.165) is 43.0 Å². The Kier molecular flexibility index (Phi) is 3.94. The second kappa shape index (κ2) is 6.03. The van der Waals surface area contributed by atoms with Crippen LogP contribution in [0.25, 0.3) is 0 Å². The van der Waals surface area contributed by atoms with Crippen molar-refractivity contribution in [3.05, 3.63) is 35.9 Å². The molecule has 0 aliphatic carbocycles. The Balaban J connectivity index is 1.55. The van der Waals surface area contributed by atoms with Crippen molar-refractivity contribution in [3.63, 3.8) is 0 Å². The monoisotopic (exact) mass is 285 g/mol. The van der Waals surface area contributed by atoms with Crippen LogP contribution in [0.3, 0.4) is 0 Å². The van der Waals surface area contributed by atoms with Crippen molar-refractivity contribution in [1.29, 1.82) is 0 Å². The van der Waals surface area contributed by atoms with Crippen molar-refractivity contribution in [2.45, 2.75) is 32.8 Å². The summed E-state index contributed by atoms with van der Waals surface area (Å²) in [5.41, 5.74) is 2.11. The highest BCUT2D eigenvalue weighted by Crippen LogP contribution is 2.19. The number of rotatable bonds is 3. The second-order valence-corrected chi connectivity index (χ2v) is 5.41. The summed E-state index contributed by atoms with van der Waals surface area (Å²) in [6.07, 6.45) is 9.27. The number of aromatic nitrogens is 4. The topological polar surface area (TPSA) is 64.0 Å². The average Bonchev–Trinajstić information content (AvgIpc) is 2.51. The van der Waals surface area contributed by atoms with Gasteiger partial charge in [-0.3, -0.25) is 0 Å². The van der Waals surface area contributed by atoms with Gasteiger partial charge < -0.3 is 9.64 Å². The Bertz CT molecular complexity index is 576. The molecule has 2 aromatic rings. The van der Waals surface area contributed by atoms with Crippen LogP contribution in [-0.4, -0.2) is 39.1 Å². The highest BCUT2D eigenvalue weighted by Gasteiger charge is 2.22. The minimum Gasteiger partial charge on any atom is -0.460 e. The van der Waals surface area contributed by atoms with Gasteiger partial charge >= 0.3 is 6.01 Å². The summed E-state index contributed by atoms with van der Waals surface area (Å²) in [5.74, 6) is 0.797. The van der Waals surface area contributed by atoms with Crippen molar-refractivity contribution in [1.82, 2.24) is 19.9 Å². The average molecular weight is 285 g/mol. The van der Waals surface area contributed by atoms with Crippen molar-refractivity contribution in [3.8, 4) is 6.01 Å². The van der Waals surface area contributed by atoms with Crippen molar-refractivity contribution < 1.29 is 4.74 Å². The third kappa shape index (κ3) is 3.45. The highest BCUT2D eigenvalue weighted by molar-refractivity contribution is 5.30. The Morgan fingerprint density at radius 2 is 1.43 bits per heavy atom. The fourth-order valence-corrected chi connectivity index (χ4v) is 2.31. The van der Waals surface area contributed by atoms with Gasteiger partial charge in [0.1, 0.15) is 6.10 Å². The summed E-state index contributed by atoms with van der Waals surface area (Å²) in [5, 5.41) is 0. The molecular weight excluding hydrogens is 266 g/mol. The van der Waals surface area contributed by atoms with E-state index in [9.17, 15) is 0 Å². The van der Waals surface area contributed by atoms with E-state index in [2.05, 4.69) is 24.8 Å². The molecule has 0 atom stereocenters. The summed E-state index contributed by atoms with van der Waals surface area (Å²) in [6, 6.07) is 0.464. The lowest BCUT2D eigenvalue weighted by Crippen LogP contribution is -2.39. The Labute approximate surface area is 124 Å². The maximum absolute atomic E-state index is 5.82. The molecule has 3 rings (SSSR count). The minimum absolute atomic E-state index is 0.161. The maximum atomic E-state index is 5.82. The Morgan fingerprint density at radius 3 is 2.00 bits per heavy atom. The molecule has 2 aromatic heterocycles. The van der Waals surface area contributed by atoms with Gasteiger partial charge in [0, 0.05) is 50.7 Å². The summed E-state index contributed by atoms with van der Waals surface area (Å²) in [6.45, 7) is 5.73. The molecule has 3 heterocycles. The number of hydrogen-bond donors (Lipinski definition) is 0. The number of ether oxygens (including phenoxy) is 1. The molecule has 110 valence electrons. The quantitative estimate of drug-likeness (QED) is 0.858. The van der Waals surface area contributed by atoms with E-state index in [-0.39, 0.29) is 6.10 Å². The molecule has 6 heteroatoms. The lowest BCUT2D eigenvalue weighted by atomic mass is 10.1. The van der Waals surface area contributed by atoms with Gasteiger partial charge in [0.05, 0.1) is 0 Å². The molecule has 0 bridgehead atoms. The minimum atomic E-state index is 0.161. The standard InChI is InChI=1S/C15H19N5O/c1-11-7-16-14(17-8-11)20-5-3-13(4-6-20)21-15-18-9-12(2)10-19-15/h7-10,13H,3-6H2,1-2H3. The summed E-state index contributed by atoms with van der Waals surface area (Å²) in [7, 11) is 0. The summed E-state index contributed by atoms with van der Waals surface area (Å²) >= 11 is 0. The molecule has 1 aliphatic heterocycles. The van der Waals surface area contributed by atoms with Crippen LogP contribution in [0.2, 0.25) is 0 Å². The van der Waals surface area contributed by atoms with Crippen molar-refractivity contribution in [2.24, 2.45) is 0 Å². The van der Waals surface area contributed by atoms with Crippen LogP contribution < -0.4 is 9.64 Å². The van der Waals surface area contributed by atoms with Gasteiger partial charge in [0.2, 0.25) is 5.95 Å².